The van der Waals surface area contributed by atoms with Crippen molar-refractivity contribution < 1.29 is 22.7 Å². The molecule has 1 aliphatic rings. The van der Waals surface area contributed by atoms with E-state index in [1.807, 2.05) is 31.2 Å². The van der Waals surface area contributed by atoms with Gasteiger partial charge in [-0.3, -0.25) is 4.79 Å². The van der Waals surface area contributed by atoms with Gasteiger partial charge in [0.15, 0.2) is 0 Å². The number of carbonyl (C=O) groups excluding carboxylic acids is 1. The maximum Gasteiger partial charge on any atom is 0.246 e. The molecule has 0 spiro atoms. The van der Waals surface area contributed by atoms with E-state index >= 15 is 0 Å². The predicted octanol–water partition coefficient (Wildman–Crippen LogP) is 3.74. The largest absolute Gasteiger partial charge is 0.497 e. The zero-order valence-electron chi connectivity index (χ0n) is 17.8. The molecule has 2 aromatic rings. The number of hydrogen-bond acceptors (Lipinski definition) is 5. The van der Waals surface area contributed by atoms with Crippen LogP contribution in [0.15, 0.2) is 51.8 Å². The van der Waals surface area contributed by atoms with Gasteiger partial charge in [-0.05, 0) is 49.6 Å². The van der Waals surface area contributed by atoms with Gasteiger partial charge in [0.1, 0.15) is 16.4 Å². The van der Waals surface area contributed by atoms with E-state index in [-0.39, 0.29) is 41.6 Å². The van der Waals surface area contributed by atoms with Gasteiger partial charge in [0.2, 0.25) is 15.9 Å². The Morgan fingerprint density at radius 2 is 1.84 bits per heavy atom. The van der Waals surface area contributed by atoms with Gasteiger partial charge in [-0.2, -0.15) is 4.31 Å². The first-order valence-electron chi connectivity index (χ1n) is 10.0. The van der Waals surface area contributed by atoms with Crippen LogP contribution in [0.4, 0.5) is 0 Å². The van der Waals surface area contributed by atoms with Crippen LogP contribution >= 0.6 is 15.9 Å². The lowest BCUT2D eigenvalue weighted by molar-refractivity contribution is -0.126. The molecular weight excluding hydrogens is 484 g/mol. The maximum absolute atomic E-state index is 13.2. The minimum atomic E-state index is -3.77. The number of rotatable bonds is 7. The topological polar surface area (TPSA) is 84.9 Å². The summed E-state index contributed by atoms with van der Waals surface area (Å²) in [5, 5.41) is 3.05. The second-order valence-electron chi connectivity index (χ2n) is 7.48. The molecule has 1 unspecified atom stereocenters. The summed E-state index contributed by atoms with van der Waals surface area (Å²) in [5.74, 6) is 0.426. The second-order valence-corrected chi connectivity index (χ2v) is 10.3. The number of nitrogens with one attached hydrogen (secondary N) is 1. The lowest BCUT2D eigenvalue weighted by Gasteiger charge is -2.31. The number of sulfonamides is 1. The smallest absolute Gasteiger partial charge is 0.246 e. The number of nitrogens with zero attached hydrogens (tertiary/aromatic N) is 1. The van der Waals surface area contributed by atoms with Crippen LogP contribution in [0.25, 0.3) is 0 Å². The van der Waals surface area contributed by atoms with Crippen LogP contribution in [-0.4, -0.2) is 45.9 Å². The van der Waals surface area contributed by atoms with Crippen molar-refractivity contribution in [2.24, 2.45) is 5.92 Å². The molecule has 1 N–H and O–H groups in total. The van der Waals surface area contributed by atoms with Gasteiger partial charge in [-0.15, -0.1) is 0 Å². The number of methoxy groups -OCH3 is 2. The Balaban J connectivity index is 1.65. The SMILES string of the molecule is COc1ccc(OC)c(S(=O)(=O)N2CCC(C(=O)NC(C)c3cccc(Br)c3)CC2)c1. The van der Waals surface area contributed by atoms with Crippen molar-refractivity contribution in [3.63, 3.8) is 0 Å². The Labute approximate surface area is 191 Å². The standard InChI is InChI=1S/C22H27BrN2O5S/c1-15(17-5-4-6-18(23)13-17)24-22(26)16-9-11-25(12-10-16)31(27,28)21-14-19(29-2)7-8-20(21)30-3/h4-8,13-16H,9-12H2,1-3H3,(H,24,26). The molecule has 0 saturated carbocycles. The molecule has 9 heteroatoms. The highest BCUT2D eigenvalue weighted by molar-refractivity contribution is 9.10. The summed E-state index contributed by atoms with van der Waals surface area (Å²) in [6, 6.07) is 12.4. The molecule has 1 aliphatic heterocycles. The summed E-state index contributed by atoms with van der Waals surface area (Å²) >= 11 is 3.44. The van der Waals surface area contributed by atoms with Crippen LogP contribution in [-0.2, 0) is 14.8 Å². The van der Waals surface area contributed by atoms with Crippen LogP contribution in [0, 0.1) is 5.92 Å². The molecule has 0 aromatic heterocycles. The molecule has 1 amide bonds. The van der Waals surface area contributed by atoms with Crippen LogP contribution < -0.4 is 14.8 Å². The first-order chi connectivity index (χ1) is 14.8. The number of ether oxygens (including phenoxy) is 2. The minimum Gasteiger partial charge on any atom is -0.497 e. The summed E-state index contributed by atoms with van der Waals surface area (Å²) in [4.78, 5) is 12.8. The molecule has 3 rings (SSSR count). The van der Waals surface area contributed by atoms with Gasteiger partial charge in [-0.25, -0.2) is 8.42 Å². The van der Waals surface area contributed by atoms with Gasteiger partial charge in [-0.1, -0.05) is 28.1 Å². The highest BCUT2D eigenvalue weighted by Gasteiger charge is 2.34. The molecule has 1 heterocycles. The highest BCUT2D eigenvalue weighted by Crippen LogP contribution is 2.32. The molecule has 0 aliphatic carbocycles. The molecule has 0 bridgehead atoms. The van der Waals surface area contributed by atoms with Gasteiger partial charge in [0.05, 0.1) is 20.3 Å². The zero-order chi connectivity index (χ0) is 22.6. The van der Waals surface area contributed by atoms with E-state index < -0.39 is 10.0 Å². The lowest BCUT2D eigenvalue weighted by Crippen LogP contribution is -2.43. The first kappa shape index (κ1) is 23.6. The molecule has 168 valence electrons. The number of halogens is 1. The third-order valence-electron chi connectivity index (χ3n) is 5.52. The zero-order valence-corrected chi connectivity index (χ0v) is 20.2. The predicted molar refractivity (Wildman–Crippen MR) is 122 cm³/mol. The van der Waals surface area contributed by atoms with E-state index in [1.54, 1.807) is 12.1 Å². The summed E-state index contributed by atoms with van der Waals surface area (Å²) in [5.41, 5.74) is 1.01. The Kier molecular flexibility index (Phi) is 7.61. The van der Waals surface area contributed by atoms with Crippen molar-refractivity contribution in [3.8, 4) is 11.5 Å². The van der Waals surface area contributed by atoms with Crippen LogP contribution in [0.5, 0.6) is 11.5 Å². The third kappa shape index (κ3) is 5.39. The molecule has 31 heavy (non-hydrogen) atoms. The molecule has 2 aromatic carbocycles. The molecule has 7 nitrogen and oxygen atoms in total. The Bertz CT molecular complexity index is 1040. The molecule has 1 fully saturated rings. The van der Waals surface area contributed by atoms with Crippen LogP contribution in [0.2, 0.25) is 0 Å². The quantitative estimate of drug-likeness (QED) is 0.613. The fourth-order valence-electron chi connectivity index (χ4n) is 3.67. The van der Waals surface area contributed by atoms with Crippen molar-refractivity contribution in [2.45, 2.75) is 30.7 Å². The fourth-order valence-corrected chi connectivity index (χ4v) is 5.73. The summed E-state index contributed by atoms with van der Waals surface area (Å²) in [7, 11) is -0.848. The monoisotopic (exact) mass is 510 g/mol. The average Bonchev–Trinajstić information content (AvgIpc) is 2.78. The van der Waals surface area contributed by atoms with Crippen molar-refractivity contribution in [2.75, 3.05) is 27.3 Å². The summed E-state index contributed by atoms with van der Waals surface area (Å²) in [6.45, 7) is 2.48. The van der Waals surface area contributed by atoms with Gasteiger partial charge < -0.3 is 14.8 Å². The molecule has 1 atom stereocenters. The molecule has 1 saturated heterocycles. The average molecular weight is 511 g/mol. The van der Waals surface area contributed by atoms with E-state index in [0.29, 0.717) is 18.6 Å². The molecular formula is C22H27BrN2O5S. The Morgan fingerprint density at radius 3 is 2.45 bits per heavy atom. The Hall–Kier alpha value is -2.10. The number of carbonyl (C=O) groups is 1. The van der Waals surface area contributed by atoms with Crippen molar-refractivity contribution in [3.05, 3.63) is 52.5 Å². The van der Waals surface area contributed by atoms with E-state index in [4.69, 9.17) is 9.47 Å². The first-order valence-corrected chi connectivity index (χ1v) is 12.3. The minimum absolute atomic E-state index is 0.0523. The van der Waals surface area contributed by atoms with Crippen molar-refractivity contribution in [1.29, 1.82) is 0 Å². The Morgan fingerprint density at radius 1 is 1.13 bits per heavy atom. The molecule has 0 radical (unpaired) electrons. The maximum atomic E-state index is 13.2. The van der Waals surface area contributed by atoms with E-state index in [1.165, 1.54) is 24.6 Å². The van der Waals surface area contributed by atoms with Crippen molar-refractivity contribution in [1.82, 2.24) is 9.62 Å². The summed E-state index contributed by atoms with van der Waals surface area (Å²) in [6.07, 6.45) is 0.922. The fraction of sp³-hybridized carbons (Fsp3) is 0.409. The van der Waals surface area contributed by atoms with E-state index in [0.717, 1.165) is 10.0 Å². The van der Waals surface area contributed by atoms with Crippen molar-refractivity contribution >= 4 is 31.9 Å². The third-order valence-corrected chi connectivity index (χ3v) is 7.93. The lowest BCUT2D eigenvalue weighted by atomic mass is 9.96. The highest BCUT2D eigenvalue weighted by atomic mass is 79.9. The number of hydrogen-bond donors (Lipinski definition) is 1. The van der Waals surface area contributed by atoms with Gasteiger partial charge >= 0.3 is 0 Å². The normalized spacial score (nSPS) is 16.5. The van der Waals surface area contributed by atoms with Gasteiger partial charge in [0, 0.05) is 29.5 Å². The van der Waals surface area contributed by atoms with Crippen LogP contribution in [0.1, 0.15) is 31.4 Å². The summed E-state index contributed by atoms with van der Waals surface area (Å²) < 4.78 is 39.2. The number of benzene rings is 2. The van der Waals surface area contributed by atoms with E-state index in [9.17, 15) is 13.2 Å². The van der Waals surface area contributed by atoms with Crippen LogP contribution in [0.3, 0.4) is 0 Å². The number of piperidine rings is 1. The number of amides is 1. The second kappa shape index (κ2) is 10.0. The van der Waals surface area contributed by atoms with Gasteiger partial charge in [0.25, 0.3) is 0 Å². The van der Waals surface area contributed by atoms with E-state index in [2.05, 4.69) is 21.2 Å².